The van der Waals surface area contributed by atoms with Crippen molar-refractivity contribution in [3.63, 3.8) is 0 Å². The molecule has 1 unspecified atom stereocenters. The fraction of sp³-hybridized carbons (Fsp3) is 0.259. The van der Waals surface area contributed by atoms with Gasteiger partial charge in [-0.1, -0.05) is 29.8 Å². The summed E-state index contributed by atoms with van der Waals surface area (Å²) in [5.41, 5.74) is 7.35. The molecule has 3 heterocycles. The van der Waals surface area contributed by atoms with Crippen molar-refractivity contribution in [1.82, 2.24) is 14.3 Å². The Labute approximate surface area is 234 Å². The second kappa shape index (κ2) is 11.0. The number of thiophene rings is 1. The molecule has 0 saturated heterocycles. The summed E-state index contributed by atoms with van der Waals surface area (Å²) in [5.74, 6) is -0.309. The molecule has 12 heteroatoms. The molecule has 0 aliphatic heterocycles. The molecular weight excluding hydrogens is 542 g/mol. The largest absolute Gasteiger partial charge is 0.484 e. The van der Waals surface area contributed by atoms with Crippen molar-refractivity contribution in [2.75, 3.05) is 5.32 Å². The van der Waals surface area contributed by atoms with Crippen molar-refractivity contribution in [3.8, 4) is 16.3 Å². The molecule has 0 radical (unpaired) electrons. The van der Waals surface area contributed by atoms with Crippen LogP contribution in [0.4, 0.5) is 10.5 Å². The number of ether oxygens (including phenoxy) is 1. The second-order valence-corrected chi connectivity index (χ2v) is 11.2. The number of nitrogens with one attached hydrogen (secondary N) is 1. The number of nitrogens with zero attached hydrogens (tertiary/aromatic N) is 3. The lowest BCUT2D eigenvalue weighted by molar-refractivity contribution is -0.112. The maximum absolute atomic E-state index is 12.3. The first-order valence-corrected chi connectivity index (χ1v) is 13.2. The van der Waals surface area contributed by atoms with Gasteiger partial charge in [0.05, 0.1) is 22.5 Å². The molecule has 0 bridgehead atoms. The highest BCUT2D eigenvalue weighted by Crippen LogP contribution is 2.39. The Hall–Kier alpha value is -4.09. The van der Waals surface area contributed by atoms with Gasteiger partial charge < -0.3 is 20.9 Å². The summed E-state index contributed by atoms with van der Waals surface area (Å²) in [5, 5.41) is 13.2. The quantitative estimate of drug-likeness (QED) is 0.174. The van der Waals surface area contributed by atoms with Crippen LogP contribution in [0, 0.1) is 0 Å². The summed E-state index contributed by atoms with van der Waals surface area (Å²) in [4.78, 5) is 42.4. The Balaban J connectivity index is 1.69. The minimum atomic E-state index is -1.23. The number of carboxylic acid groups (broad SMARTS) is 1. The Kier molecular flexibility index (Phi) is 7.84. The standard InChI is InChI=1S/C27H28ClN5O5S/c1-15(17-7-5-6-8-18(17)28)38-20-11-21(39-24(20)25(29)35)19-12-30-22-10-9-16(13-32(19)22)31-23(14-34)33(26(36)37)27(2,3)4/h5-15,23,31H,1-4H3,(H2,29,35)(H,36,37)/t15-,23?/m1/s1. The van der Waals surface area contributed by atoms with Crippen molar-refractivity contribution in [3.05, 3.63) is 70.3 Å². The number of imidazole rings is 1. The lowest BCUT2D eigenvalue weighted by atomic mass is 10.1. The van der Waals surface area contributed by atoms with Crippen LogP contribution in [0.3, 0.4) is 0 Å². The van der Waals surface area contributed by atoms with Crippen molar-refractivity contribution in [2.45, 2.75) is 45.5 Å². The van der Waals surface area contributed by atoms with E-state index < -0.39 is 29.8 Å². The van der Waals surface area contributed by atoms with E-state index in [1.165, 1.54) is 0 Å². The summed E-state index contributed by atoms with van der Waals surface area (Å²) in [7, 11) is 0. The average molecular weight is 570 g/mol. The highest BCUT2D eigenvalue weighted by molar-refractivity contribution is 7.17. The van der Waals surface area contributed by atoms with E-state index in [0.717, 1.165) is 21.8 Å². The van der Waals surface area contributed by atoms with E-state index in [9.17, 15) is 19.5 Å². The molecule has 0 spiro atoms. The zero-order valence-electron chi connectivity index (χ0n) is 21.7. The Morgan fingerprint density at radius 1 is 1.26 bits per heavy atom. The number of fused-ring (bicyclic) bond motifs is 1. The van der Waals surface area contributed by atoms with Gasteiger partial charge in [0.1, 0.15) is 22.4 Å². The smallest absolute Gasteiger partial charge is 0.409 e. The third-order valence-corrected chi connectivity index (χ3v) is 7.47. The van der Waals surface area contributed by atoms with Crippen LogP contribution < -0.4 is 15.8 Å². The Bertz CT molecular complexity index is 1540. The third-order valence-electron chi connectivity index (χ3n) is 5.98. The molecular formula is C27H28ClN5O5S. The number of aromatic nitrogens is 2. The molecule has 1 aromatic carbocycles. The normalized spacial score (nSPS) is 13.1. The topological polar surface area (TPSA) is 139 Å². The monoisotopic (exact) mass is 569 g/mol. The predicted molar refractivity (Wildman–Crippen MR) is 151 cm³/mol. The van der Waals surface area contributed by atoms with Gasteiger partial charge in [-0.3, -0.25) is 18.9 Å². The number of rotatable bonds is 9. The van der Waals surface area contributed by atoms with Gasteiger partial charge in [-0.2, -0.15) is 0 Å². The molecule has 0 fully saturated rings. The van der Waals surface area contributed by atoms with Crippen LogP contribution in [0.15, 0.2) is 54.9 Å². The molecule has 4 N–H and O–H groups in total. The fourth-order valence-corrected chi connectivity index (χ4v) is 5.46. The van der Waals surface area contributed by atoms with Gasteiger partial charge in [-0.25, -0.2) is 9.78 Å². The van der Waals surface area contributed by atoms with Gasteiger partial charge in [0, 0.05) is 28.4 Å². The summed E-state index contributed by atoms with van der Waals surface area (Å²) in [6, 6.07) is 12.4. The average Bonchev–Trinajstić information content (AvgIpc) is 3.46. The minimum Gasteiger partial charge on any atom is -0.484 e. The number of benzene rings is 1. The van der Waals surface area contributed by atoms with Crippen LogP contribution in [-0.2, 0) is 4.79 Å². The number of nitrogens with two attached hydrogens (primary N) is 1. The lowest BCUT2D eigenvalue weighted by Crippen LogP contribution is -2.54. The Morgan fingerprint density at radius 2 is 1.97 bits per heavy atom. The van der Waals surface area contributed by atoms with Gasteiger partial charge in [0.25, 0.3) is 5.91 Å². The number of anilines is 1. The van der Waals surface area contributed by atoms with E-state index in [4.69, 9.17) is 22.1 Å². The van der Waals surface area contributed by atoms with Crippen molar-refractivity contribution < 1.29 is 24.2 Å². The van der Waals surface area contributed by atoms with E-state index in [0.29, 0.717) is 39.0 Å². The second-order valence-electron chi connectivity index (χ2n) is 9.79. The molecule has 4 aromatic rings. The maximum atomic E-state index is 12.3. The molecule has 10 nitrogen and oxygen atoms in total. The zero-order valence-corrected chi connectivity index (χ0v) is 23.3. The van der Waals surface area contributed by atoms with Gasteiger partial charge in [0.2, 0.25) is 0 Å². The van der Waals surface area contributed by atoms with Crippen LogP contribution in [0.1, 0.15) is 49.0 Å². The molecule has 4 rings (SSSR count). The molecule has 3 aromatic heterocycles. The van der Waals surface area contributed by atoms with Gasteiger partial charge in [-0.15, -0.1) is 11.3 Å². The zero-order chi connectivity index (χ0) is 28.5. The number of carbonyl (C=O) groups excluding carboxylic acids is 2. The SMILES string of the molecule is C[C@@H](Oc1cc(-c2cnc3ccc(NC(C=O)N(C(=O)O)C(C)(C)C)cn23)sc1C(N)=O)c1ccccc1Cl. The highest BCUT2D eigenvalue weighted by Gasteiger charge is 2.33. The third kappa shape index (κ3) is 5.84. The molecule has 204 valence electrons. The van der Waals surface area contributed by atoms with Crippen LogP contribution in [0.5, 0.6) is 5.75 Å². The number of amides is 2. The lowest BCUT2D eigenvalue weighted by Gasteiger charge is -2.37. The van der Waals surface area contributed by atoms with E-state index in [1.807, 2.05) is 25.1 Å². The molecule has 0 aliphatic carbocycles. The molecule has 0 saturated carbocycles. The molecule has 2 atom stereocenters. The van der Waals surface area contributed by atoms with Crippen LogP contribution in [-0.4, -0.2) is 49.4 Å². The number of hydrogen-bond donors (Lipinski definition) is 3. The van der Waals surface area contributed by atoms with Crippen LogP contribution in [0.25, 0.3) is 16.2 Å². The summed E-state index contributed by atoms with van der Waals surface area (Å²) in [6.45, 7) is 6.94. The molecule has 2 amide bonds. The first-order chi connectivity index (χ1) is 18.4. The molecule has 0 aliphatic rings. The number of pyridine rings is 1. The highest BCUT2D eigenvalue weighted by atomic mass is 35.5. The minimum absolute atomic E-state index is 0.247. The van der Waals surface area contributed by atoms with Crippen molar-refractivity contribution in [1.29, 1.82) is 0 Å². The summed E-state index contributed by atoms with van der Waals surface area (Å²) < 4.78 is 7.89. The number of carbonyl (C=O) groups is 3. The summed E-state index contributed by atoms with van der Waals surface area (Å²) in [6.07, 6.45) is 1.09. The fourth-order valence-electron chi connectivity index (χ4n) is 4.22. The van der Waals surface area contributed by atoms with Gasteiger partial charge >= 0.3 is 6.09 Å². The maximum Gasteiger partial charge on any atom is 0.409 e. The van der Waals surface area contributed by atoms with Crippen LogP contribution >= 0.6 is 22.9 Å². The van der Waals surface area contributed by atoms with E-state index in [-0.39, 0.29) is 4.88 Å². The first-order valence-electron chi connectivity index (χ1n) is 12.0. The van der Waals surface area contributed by atoms with Gasteiger partial charge in [-0.05, 0) is 45.9 Å². The number of hydrogen-bond acceptors (Lipinski definition) is 7. The number of aldehydes is 1. The first kappa shape index (κ1) is 27.9. The predicted octanol–water partition coefficient (Wildman–Crippen LogP) is 5.67. The number of primary amides is 1. The summed E-state index contributed by atoms with van der Waals surface area (Å²) >= 11 is 7.48. The number of halogens is 1. The van der Waals surface area contributed by atoms with E-state index >= 15 is 0 Å². The van der Waals surface area contributed by atoms with E-state index in [1.54, 1.807) is 61.8 Å². The van der Waals surface area contributed by atoms with Crippen molar-refractivity contribution >= 4 is 52.6 Å². The van der Waals surface area contributed by atoms with Crippen molar-refractivity contribution in [2.24, 2.45) is 5.73 Å². The van der Waals surface area contributed by atoms with E-state index in [2.05, 4.69) is 10.3 Å². The Morgan fingerprint density at radius 3 is 2.59 bits per heavy atom. The molecule has 39 heavy (non-hydrogen) atoms. The van der Waals surface area contributed by atoms with Crippen LogP contribution in [0.2, 0.25) is 5.02 Å². The van der Waals surface area contributed by atoms with Gasteiger partial charge in [0.15, 0.2) is 12.5 Å².